The van der Waals surface area contributed by atoms with Crippen molar-refractivity contribution in [2.24, 2.45) is 0 Å². The van der Waals surface area contributed by atoms with Crippen molar-refractivity contribution in [1.29, 1.82) is 0 Å². The van der Waals surface area contributed by atoms with E-state index in [0.29, 0.717) is 6.54 Å². The average molecular weight is 414 g/mol. The molecule has 1 N–H and O–H groups in total. The number of hydrogen-bond donors (Lipinski definition) is 1. The Morgan fingerprint density at radius 3 is 2.45 bits per heavy atom. The van der Waals surface area contributed by atoms with Gasteiger partial charge < -0.3 is 4.90 Å². The molecular formula is C23H31N3O2S. The Labute approximate surface area is 175 Å². The number of unbranched alkanes of at least 4 members (excludes halogenated alkanes) is 1. The SMILES string of the molecule is Cc1cccc(N2CCN(CCCCNS(=O)(=O)C=Cc3ccccc3)CC2)c1. The summed E-state index contributed by atoms with van der Waals surface area (Å²) in [5.41, 5.74) is 3.48. The minimum absolute atomic E-state index is 0.477. The number of sulfonamides is 1. The maximum Gasteiger partial charge on any atom is 0.233 e. The standard InChI is InChI=1S/C23H31N3O2S/c1-21-8-7-11-23(20-21)26-17-15-25(16-18-26)14-6-5-13-24-29(27,28)19-12-22-9-3-2-4-10-22/h2-4,7-12,19-20,24H,5-6,13-18H2,1H3. The number of hydrogen-bond acceptors (Lipinski definition) is 4. The van der Waals surface area contributed by atoms with Crippen LogP contribution in [0.4, 0.5) is 5.69 Å². The van der Waals surface area contributed by atoms with Gasteiger partial charge in [0.05, 0.1) is 0 Å². The van der Waals surface area contributed by atoms with Crippen molar-refractivity contribution in [2.45, 2.75) is 19.8 Å². The topological polar surface area (TPSA) is 52.6 Å². The molecule has 156 valence electrons. The smallest absolute Gasteiger partial charge is 0.233 e. The largest absolute Gasteiger partial charge is 0.369 e. The van der Waals surface area contributed by atoms with E-state index in [9.17, 15) is 8.42 Å². The number of benzene rings is 2. The van der Waals surface area contributed by atoms with E-state index in [2.05, 4.69) is 45.7 Å². The van der Waals surface area contributed by atoms with Crippen LogP contribution in [0.15, 0.2) is 60.0 Å². The predicted molar refractivity (Wildman–Crippen MR) is 121 cm³/mol. The molecular weight excluding hydrogens is 382 g/mol. The Bertz CT molecular complexity index is 889. The maximum atomic E-state index is 12.0. The number of rotatable bonds is 9. The van der Waals surface area contributed by atoms with Gasteiger partial charge in [0.25, 0.3) is 0 Å². The van der Waals surface area contributed by atoms with Crippen LogP contribution in [-0.4, -0.2) is 52.6 Å². The van der Waals surface area contributed by atoms with Crippen LogP contribution in [0.2, 0.25) is 0 Å². The first-order chi connectivity index (χ1) is 14.0. The fourth-order valence-corrected chi connectivity index (χ4v) is 4.37. The van der Waals surface area contributed by atoms with Gasteiger partial charge in [-0.2, -0.15) is 0 Å². The highest BCUT2D eigenvalue weighted by Crippen LogP contribution is 2.17. The summed E-state index contributed by atoms with van der Waals surface area (Å²) in [4.78, 5) is 4.91. The van der Waals surface area contributed by atoms with E-state index >= 15 is 0 Å². The van der Waals surface area contributed by atoms with E-state index < -0.39 is 10.0 Å². The molecule has 3 rings (SSSR count). The molecule has 0 bridgehead atoms. The zero-order valence-corrected chi connectivity index (χ0v) is 17.9. The minimum Gasteiger partial charge on any atom is -0.369 e. The van der Waals surface area contributed by atoms with Crippen LogP contribution in [0.5, 0.6) is 0 Å². The number of piperazine rings is 1. The fourth-order valence-electron chi connectivity index (χ4n) is 3.51. The van der Waals surface area contributed by atoms with Crippen LogP contribution < -0.4 is 9.62 Å². The molecule has 1 aliphatic heterocycles. The molecule has 5 nitrogen and oxygen atoms in total. The molecule has 0 spiro atoms. The van der Waals surface area contributed by atoms with Crippen molar-refractivity contribution >= 4 is 21.8 Å². The number of nitrogens with zero attached hydrogens (tertiary/aromatic N) is 2. The Hall–Kier alpha value is -2.15. The number of anilines is 1. The summed E-state index contributed by atoms with van der Waals surface area (Å²) in [6.07, 6.45) is 3.46. The van der Waals surface area contributed by atoms with Gasteiger partial charge in [0.1, 0.15) is 0 Å². The first kappa shape index (κ1) is 21.6. The lowest BCUT2D eigenvalue weighted by molar-refractivity contribution is 0.253. The zero-order valence-electron chi connectivity index (χ0n) is 17.1. The molecule has 29 heavy (non-hydrogen) atoms. The Balaban J connectivity index is 1.31. The molecule has 0 saturated carbocycles. The van der Waals surface area contributed by atoms with Crippen LogP contribution in [0.25, 0.3) is 6.08 Å². The third kappa shape index (κ3) is 7.31. The van der Waals surface area contributed by atoms with Crippen molar-refractivity contribution in [1.82, 2.24) is 9.62 Å². The first-order valence-corrected chi connectivity index (χ1v) is 11.8. The van der Waals surface area contributed by atoms with E-state index in [0.717, 1.165) is 51.1 Å². The molecule has 1 heterocycles. The predicted octanol–water partition coefficient (Wildman–Crippen LogP) is 3.49. The van der Waals surface area contributed by atoms with Gasteiger partial charge in [-0.3, -0.25) is 4.90 Å². The second-order valence-corrected chi connectivity index (χ2v) is 9.18. The van der Waals surface area contributed by atoms with Crippen molar-refractivity contribution in [3.05, 3.63) is 71.1 Å². The normalized spacial score (nSPS) is 15.8. The van der Waals surface area contributed by atoms with Gasteiger partial charge in [0.15, 0.2) is 0 Å². The van der Waals surface area contributed by atoms with E-state index in [-0.39, 0.29) is 0 Å². The van der Waals surface area contributed by atoms with Crippen LogP contribution in [0, 0.1) is 6.92 Å². The third-order valence-electron chi connectivity index (χ3n) is 5.18. The van der Waals surface area contributed by atoms with Crippen LogP contribution >= 0.6 is 0 Å². The summed E-state index contributed by atoms with van der Waals surface area (Å²) in [5, 5.41) is 1.24. The van der Waals surface area contributed by atoms with Gasteiger partial charge in [0.2, 0.25) is 10.0 Å². The van der Waals surface area contributed by atoms with Crippen LogP contribution in [0.1, 0.15) is 24.0 Å². The molecule has 6 heteroatoms. The van der Waals surface area contributed by atoms with Gasteiger partial charge in [-0.1, -0.05) is 42.5 Å². The van der Waals surface area contributed by atoms with E-state index in [1.54, 1.807) is 6.08 Å². The Morgan fingerprint density at radius 2 is 1.72 bits per heavy atom. The Kier molecular flexibility index (Phi) is 7.86. The van der Waals surface area contributed by atoms with Gasteiger partial charge >= 0.3 is 0 Å². The highest BCUT2D eigenvalue weighted by molar-refractivity contribution is 7.92. The summed E-state index contributed by atoms with van der Waals surface area (Å²) in [5.74, 6) is 0. The maximum absolute atomic E-state index is 12.0. The van der Waals surface area contributed by atoms with Gasteiger partial charge in [-0.25, -0.2) is 13.1 Å². The van der Waals surface area contributed by atoms with Crippen molar-refractivity contribution in [2.75, 3.05) is 44.2 Å². The summed E-state index contributed by atoms with van der Waals surface area (Å²) < 4.78 is 26.8. The quantitative estimate of drug-likeness (QED) is 0.640. The monoisotopic (exact) mass is 413 g/mol. The molecule has 0 amide bonds. The summed E-state index contributed by atoms with van der Waals surface area (Å²) in [7, 11) is -3.38. The van der Waals surface area contributed by atoms with E-state index in [1.165, 1.54) is 16.7 Å². The third-order valence-corrected chi connectivity index (χ3v) is 6.28. The van der Waals surface area contributed by atoms with E-state index in [4.69, 9.17) is 0 Å². The lowest BCUT2D eigenvalue weighted by Crippen LogP contribution is -2.46. The van der Waals surface area contributed by atoms with Crippen molar-refractivity contribution < 1.29 is 8.42 Å². The molecule has 1 saturated heterocycles. The molecule has 2 aromatic rings. The highest BCUT2D eigenvalue weighted by atomic mass is 32.2. The lowest BCUT2D eigenvalue weighted by Gasteiger charge is -2.36. The summed E-state index contributed by atoms with van der Waals surface area (Å²) in [6, 6.07) is 18.1. The zero-order chi connectivity index (χ0) is 20.5. The fraction of sp³-hybridized carbons (Fsp3) is 0.391. The average Bonchev–Trinajstić information content (AvgIpc) is 2.73. The second kappa shape index (κ2) is 10.6. The molecule has 0 aromatic heterocycles. The van der Waals surface area contributed by atoms with Crippen LogP contribution in [-0.2, 0) is 10.0 Å². The van der Waals surface area contributed by atoms with E-state index in [1.807, 2.05) is 30.3 Å². The summed E-state index contributed by atoms with van der Waals surface area (Å²) in [6.45, 7) is 7.82. The van der Waals surface area contributed by atoms with Crippen LogP contribution in [0.3, 0.4) is 0 Å². The Morgan fingerprint density at radius 1 is 0.966 bits per heavy atom. The number of nitrogens with one attached hydrogen (secondary N) is 1. The van der Waals surface area contributed by atoms with Crippen molar-refractivity contribution in [3.8, 4) is 0 Å². The molecule has 1 aliphatic rings. The molecule has 2 aromatic carbocycles. The summed E-state index contributed by atoms with van der Waals surface area (Å²) >= 11 is 0. The molecule has 1 fully saturated rings. The molecule has 0 atom stereocenters. The second-order valence-electron chi connectivity index (χ2n) is 7.53. The molecule has 0 radical (unpaired) electrons. The number of aryl methyl sites for hydroxylation is 1. The van der Waals surface area contributed by atoms with Gasteiger partial charge in [-0.05, 0) is 55.6 Å². The molecule has 0 unspecified atom stereocenters. The highest BCUT2D eigenvalue weighted by Gasteiger charge is 2.16. The first-order valence-electron chi connectivity index (χ1n) is 10.3. The minimum atomic E-state index is -3.38. The lowest BCUT2D eigenvalue weighted by atomic mass is 10.2. The molecule has 0 aliphatic carbocycles. The van der Waals surface area contributed by atoms with Gasteiger partial charge in [-0.15, -0.1) is 0 Å². The van der Waals surface area contributed by atoms with Crippen molar-refractivity contribution in [3.63, 3.8) is 0 Å². The van der Waals surface area contributed by atoms with Gasteiger partial charge in [0, 0.05) is 43.8 Å².